The average molecular weight is 285 g/mol. The van der Waals surface area contributed by atoms with E-state index in [-0.39, 0.29) is 31.1 Å². The Labute approximate surface area is 114 Å². The maximum absolute atomic E-state index is 10.9. The molecule has 9 nitrogen and oxygen atoms in total. The van der Waals surface area contributed by atoms with Gasteiger partial charge >= 0.3 is 0 Å². The van der Waals surface area contributed by atoms with Gasteiger partial charge in [-0.05, 0) is 6.07 Å². The number of methoxy groups -OCH3 is 1. The molecule has 0 aliphatic rings. The van der Waals surface area contributed by atoms with Crippen molar-refractivity contribution in [1.82, 2.24) is 5.32 Å². The van der Waals surface area contributed by atoms with Crippen LogP contribution in [0.1, 0.15) is 5.56 Å². The van der Waals surface area contributed by atoms with E-state index in [4.69, 9.17) is 4.74 Å². The number of nitro benzene ring substituents is 2. The maximum Gasteiger partial charge on any atom is 0.280 e. The number of nitrogens with one attached hydrogen (secondary N) is 1. The molecule has 1 aromatic carbocycles. The summed E-state index contributed by atoms with van der Waals surface area (Å²) in [5.41, 5.74) is -0.349. The lowest BCUT2D eigenvalue weighted by Crippen LogP contribution is -2.29. The molecule has 0 heterocycles. The molecule has 1 aromatic rings. The largest absolute Gasteiger partial charge is 0.389 e. The van der Waals surface area contributed by atoms with Gasteiger partial charge in [-0.25, -0.2) is 0 Å². The third-order valence-electron chi connectivity index (χ3n) is 2.53. The van der Waals surface area contributed by atoms with Crippen molar-refractivity contribution in [2.24, 2.45) is 0 Å². The van der Waals surface area contributed by atoms with E-state index in [0.717, 1.165) is 6.07 Å². The Morgan fingerprint density at radius 2 is 2.05 bits per heavy atom. The van der Waals surface area contributed by atoms with Gasteiger partial charge in [0, 0.05) is 31.8 Å². The number of rotatable bonds is 8. The van der Waals surface area contributed by atoms with E-state index < -0.39 is 16.0 Å². The van der Waals surface area contributed by atoms with Crippen molar-refractivity contribution in [3.63, 3.8) is 0 Å². The van der Waals surface area contributed by atoms with Crippen molar-refractivity contribution in [3.8, 4) is 0 Å². The van der Waals surface area contributed by atoms with Gasteiger partial charge in [0.15, 0.2) is 0 Å². The van der Waals surface area contributed by atoms with E-state index in [0.29, 0.717) is 5.56 Å². The van der Waals surface area contributed by atoms with Gasteiger partial charge in [0.1, 0.15) is 0 Å². The molecule has 1 atom stereocenters. The van der Waals surface area contributed by atoms with Crippen molar-refractivity contribution in [2.75, 3.05) is 20.3 Å². The first-order valence-electron chi connectivity index (χ1n) is 5.75. The summed E-state index contributed by atoms with van der Waals surface area (Å²) in [6.07, 6.45) is -0.725. The number of non-ortho nitro benzene ring substituents is 1. The number of benzene rings is 1. The molecule has 0 fully saturated rings. The highest BCUT2D eigenvalue weighted by Gasteiger charge is 2.19. The summed E-state index contributed by atoms with van der Waals surface area (Å²) in [7, 11) is 1.45. The molecule has 0 aromatic heterocycles. The molecule has 0 saturated carbocycles. The van der Waals surface area contributed by atoms with Gasteiger partial charge in [-0.3, -0.25) is 20.2 Å². The second-order valence-electron chi connectivity index (χ2n) is 4.07. The Morgan fingerprint density at radius 1 is 1.35 bits per heavy atom. The minimum atomic E-state index is -0.725. The second kappa shape index (κ2) is 7.48. The molecule has 1 rings (SSSR count). The molecule has 0 aliphatic carbocycles. The molecule has 0 amide bonds. The Balaban J connectivity index is 2.74. The van der Waals surface area contributed by atoms with Gasteiger partial charge in [0.05, 0.1) is 28.6 Å². The number of nitrogens with zero attached hydrogens (tertiary/aromatic N) is 2. The van der Waals surface area contributed by atoms with Crippen molar-refractivity contribution in [1.29, 1.82) is 0 Å². The van der Waals surface area contributed by atoms with Gasteiger partial charge in [-0.15, -0.1) is 0 Å². The maximum atomic E-state index is 10.9. The highest BCUT2D eigenvalue weighted by Crippen LogP contribution is 2.24. The van der Waals surface area contributed by atoms with E-state index in [1.165, 1.54) is 19.2 Å². The number of hydrogen-bond donors (Lipinski definition) is 2. The van der Waals surface area contributed by atoms with Crippen molar-refractivity contribution in [2.45, 2.75) is 12.6 Å². The van der Waals surface area contributed by atoms with Crippen LogP contribution in [0.15, 0.2) is 18.2 Å². The fourth-order valence-corrected chi connectivity index (χ4v) is 1.61. The van der Waals surface area contributed by atoms with Crippen LogP contribution in [-0.2, 0) is 11.3 Å². The minimum Gasteiger partial charge on any atom is -0.389 e. The molecule has 110 valence electrons. The molecule has 1 unspecified atom stereocenters. The monoisotopic (exact) mass is 285 g/mol. The van der Waals surface area contributed by atoms with Gasteiger partial charge in [0.2, 0.25) is 0 Å². The molecular weight excluding hydrogens is 270 g/mol. The third kappa shape index (κ3) is 4.53. The normalized spacial score (nSPS) is 12.1. The topological polar surface area (TPSA) is 128 Å². The zero-order chi connectivity index (χ0) is 15.1. The first-order valence-corrected chi connectivity index (χ1v) is 5.75. The molecular formula is C11H15N3O6. The number of aliphatic hydroxyl groups is 1. The fraction of sp³-hybridized carbons (Fsp3) is 0.455. The lowest BCUT2D eigenvalue weighted by molar-refractivity contribution is -0.394. The smallest absolute Gasteiger partial charge is 0.280 e. The lowest BCUT2D eigenvalue weighted by atomic mass is 10.1. The Kier molecular flexibility index (Phi) is 5.97. The van der Waals surface area contributed by atoms with Gasteiger partial charge in [-0.2, -0.15) is 0 Å². The van der Waals surface area contributed by atoms with E-state index in [1.54, 1.807) is 0 Å². The Hall–Kier alpha value is -2.10. The van der Waals surface area contributed by atoms with Crippen molar-refractivity contribution < 1.29 is 19.7 Å². The predicted molar refractivity (Wildman–Crippen MR) is 69.3 cm³/mol. The zero-order valence-electron chi connectivity index (χ0n) is 10.8. The molecule has 0 aliphatic heterocycles. The zero-order valence-corrected chi connectivity index (χ0v) is 10.8. The quantitative estimate of drug-likeness (QED) is 0.528. The van der Waals surface area contributed by atoms with Gasteiger partial charge in [0.25, 0.3) is 11.4 Å². The number of nitro groups is 2. The average Bonchev–Trinajstić information content (AvgIpc) is 2.38. The molecule has 0 bridgehead atoms. The van der Waals surface area contributed by atoms with Crippen LogP contribution >= 0.6 is 0 Å². The second-order valence-corrected chi connectivity index (χ2v) is 4.07. The number of ether oxygens (including phenoxy) is 1. The number of hydrogen-bond acceptors (Lipinski definition) is 7. The molecule has 9 heteroatoms. The summed E-state index contributed by atoms with van der Waals surface area (Å²) in [6, 6.07) is 3.45. The third-order valence-corrected chi connectivity index (χ3v) is 2.53. The van der Waals surface area contributed by atoms with Crippen LogP contribution in [-0.4, -0.2) is 41.3 Å². The van der Waals surface area contributed by atoms with Crippen LogP contribution < -0.4 is 5.32 Å². The minimum absolute atomic E-state index is 0.120. The lowest BCUT2D eigenvalue weighted by Gasteiger charge is -2.10. The van der Waals surface area contributed by atoms with Crippen molar-refractivity contribution >= 4 is 11.4 Å². The molecule has 0 spiro atoms. The van der Waals surface area contributed by atoms with Gasteiger partial charge < -0.3 is 15.2 Å². The highest BCUT2D eigenvalue weighted by molar-refractivity contribution is 5.49. The highest BCUT2D eigenvalue weighted by atomic mass is 16.6. The van der Waals surface area contributed by atoms with E-state index >= 15 is 0 Å². The summed E-state index contributed by atoms with van der Waals surface area (Å²) < 4.78 is 4.74. The van der Waals surface area contributed by atoms with Crippen LogP contribution in [0, 0.1) is 20.2 Å². The fourth-order valence-electron chi connectivity index (χ4n) is 1.61. The Bertz CT molecular complexity index is 493. The number of aliphatic hydroxyl groups excluding tert-OH is 1. The van der Waals surface area contributed by atoms with E-state index in [9.17, 15) is 25.3 Å². The van der Waals surface area contributed by atoms with Crippen LogP contribution in [0.3, 0.4) is 0 Å². The van der Waals surface area contributed by atoms with Crippen LogP contribution in [0.5, 0.6) is 0 Å². The first kappa shape index (κ1) is 16.0. The standard InChI is InChI=1S/C11H15N3O6/c1-20-7-10(15)6-12-5-8-2-3-9(13(16)17)4-11(8)14(18)19/h2-4,10,12,15H,5-7H2,1H3. The molecule has 20 heavy (non-hydrogen) atoms. The predicted octanol–water partition coefficient (Wildman–Crippen LogP) is 0.600. The SMILES string of the molecule is COCC(O)CNCc1ccc([N+](=O)[O-])cc1[N+](=O)[O-]. The van der Waals surface area contributed by atoms with E-state index in [2.05, 4.69) is 5.32 Å². The first-order chi connectivity index (χ1) is 9.45. The summed E-state index contributed by atoms with van der Waals surface area (Å²) in [5, 5.41) is 33.7. The molecule has 0 radical (unpaired) electrons. The molecule has 0 saturated heterocycles. The summed E-state index contributed by atoms with van der Waals surface area (Å²) in [5.74, 6) is 0. The van der Waals surface area contributed by atoms with Crippen LogP contribution in [0.4, 0.5) is 11.4 Å². The van der Waals surface area contributed by atoms with Crippen molar-refractivity contribution in [3.05, 3.63) is 44.0 Å². The summed E-state index contributed by atoms with van der Waals surface area (Å²) in [6.45, 7) is 0.465. The summed E-state index contributed by atoms with van der Waals surface area (Å²) >= 11 is 0. The molecule has 2 N–H and O–H groups in total. The Morgan fingerprint density at radius 3 is 2.60 bits per heavy atom. The van der Waals surface area contributed by atoms with Crippen LogP contribution in [0.2, 0.25) is 0 Å². The van der Waals surface area contributed by atoms with Gasteiger partial charge in [-0.1, -0.05) is 0 Å². The summed E-state index contributed by atoms with van der Waals surface area (Å²) in [4.78, 5) is 20.1. The van der Waals surface area contributed by atoms with E-state index in [1.807, 2.05) is 0 Å². The van der Waals surface area contributed by atoms with Crippen LogP contribution in [0.25, 0.3) is 0 Å².